The number of amides is 2. The number of Topliss-reactive ketones (excluding diaryl/α,β-unsaturated/α-hetero) is 1. The number of ether oxygens (including phenoxy) is 1. The molecule has 0 radical (unpaired) electrons. The first-order valence-corrected chi connectivity index (χ1v) is 8.50. The van der Waals surface area contributed by atoms with E-state index in [1.54, 1.807) is 0 Å². The summed E-state index contributed by atoms with van der Waals surface area (Å²) in [6.07, 6.45) is 2.43. The number of hydrogen-bond donors (Lipinski definition) is 3. The Balaban J connectivity index is 2.06. The van der Waals surface area contributed by atoms with Gasteiger partial charge in [-0.25, -0.2) is 0 Å². The van der Waals surface area contributed by atoms with Crippen molar-refractivity contribution < 1.29 is 19.1 Å². The number of fused-ring (bicyclic) bond motifs is 14. The molecule has 25 heavy (non-hydrogen) atoms. The Morgan fingerprint density at radius 2 is 1.92 bits per heavy atom. The number of nitrogens with two attached hydrogens (primary N) is 1. The van der Waals surface area contributed by atoms with Crippen LogP contribution in [-0.2, 0) is 20.8 Å². The van der Waals surface area contributed by atoms with Crippen LogP contribution in [-0.4, -0.2) is 42.8 Å². The summed E-state index contributed by atoms with van der Waals surface area (Å²) in [5.41, 5.74) is 6.81. The molecule has 0 saturated heterocycles. The molecule has 2 atom stereocenters. The zero-order valence-corrected chi connectivity index (χ0v) is 14.4. The summed E-state index contributed by atoms with van der Waals surface area (Å²) in [5.74, 6) is -0.155. The molecule has 136 valence electrons. The third-order valence-corrected chi connectivity index (χ3v) is 4.12. The van der Waals surface area contributed by atoms with Crippen molar-refractivity contribution in [2.45, 2.75) is 44.7 Å². The van der Waals surface area contributed by atoms with Crippen molar-refractivity contribution in [3.8, 4) is 5.75 Å². The van der Waals surface area contributed by atoms with Gasteiger partial charge < -0.3 is 21.1 Å². The summed E-state index contributed by atoms with van der Waals surface area (Å²) < 4.78 is 5.67. The van der Waals surface area contributed by atoms with Crippen LogP contribution in [0.5, 0.6) is 5.75 Å². The lowest BCUT2D eigenvalue weighted by Crippen LogP contribution is -2.48. The smallest absolute Gasteiger partial charge is 0.239 e. The largest absolute Gasteiger partial charge is 0.494 e. The minimum atomic E-state index is -0.751. The molecule has 0 fully saturated rings. The Bertz CT molecular complexity index is 615. The predicted octanol–water partition coefficient (Wildman–Crippen LogP) is 0.309. The summed E-state index contributed by atoms with van der Waals surface area (Å²) in [5, 5.41) is 5.17. The molecule has 3 rings (SSSR count). The van der Waals surface area contributed by atoms with E-state index in [1.807, 2.05) is 24.3 Å². The molecular weight excluding hydrogens is 322 g/mol. The van der Waals surface area contributed by atoms with Gasteiger partial charge in [-0.1, -0.05) is 12.1 Å². The maximum atomic E-state index is 12.0. The van der Waals surface area contributed by atoms with E-state index in [2.05, 4.69) is 10.6 Å². The second-order valence-corrected chi connectivity index (χ2v) is 6.25. The van der Waals surface area contributed by atoms with Crippen LogP contribution in [0.15, 0.2) is 24.3 Å². The average molecular weight is 347 g/mol. The van der Waals surface area contributed by atoms with Gasteiger partial charge in [-0.2, -0.15) is 0 Å². The van der Waals surface area contributed by atoms with Crippen molar-refractivity contribution in [2.24, 2.45) is 5.73 Å². The van der Waals surface area contributed by atoms with E-state index in [0.717, 1.165) is 24.2 Å². The first-order valence-electron chi connectivity index (χ1n) is 8.50. The fraction of sp³-hybridized carbons (Fsp3) is 0.500. The van der Waals surface area contributed by atoms with Crippen LogP contribution < -0.4 is 21.1 Å². The molecule has 0 unspecified atom stereocenters. The minimum absolute atomic E-state index is 0.106. The molecule has 0 aromatic heterocycles. The maximum Gasteiger partial charge on any atom is 0.239 e. The van der Waals surface area contributed by atoms with Gasteiger partial charge in [-0.05, 0) is 50.3 Å². The highest BCUT2D eigenvalue weighted by Crippen LogP contribution is 2.14. The van der Waals surface area contributed by atoms with Crippen molar-refractivity contribution in [1.29, 1.82) is 0 Å². The van der Waals surface area contributed by atoms with Gasteiger partial charge in [0.15, 0.2) is 5.78 Å². The fourth-order valence-electron chi connectivity index (χ4n) is 2.63. The van der Waals surface area contributed by atoms with E-state index < -0.39 is 23.9 Å². The number of nitrogens with one attached hydrogen (secondary N) is 2. The first-order chi connectivity index (χ1) is 12.0. The van der Waals surface area contributed by atoms with Crippen LogP contribution in [0.1, 0.15) is 31.7 Å². The highest BCUT2D eigenvalue weighted by molar-refractivity contribution is 5.91. The molecule has 7 heteroatoms. The monoisotopic (exact) mass is 347 g/mol. The highest BCUT2D eigenvalue weighted by atomic mass is 16.5. The Morgan fingerprint density at radius 3 is 2.60 bits per heavy atom. The summed E-state index contributed by atoms with van der Waals surface area (Å²) in [6, 6.07) is 6.15. The molecule has 2 aliphatic rings. The van der Waals surface area contributed by atoms with Crippen LogP contribution >= 0.6 is 0 Å². The molecule has 0 spiro atoms. The van der Waals surface area contributed by atoms with Gasteiger partial charge in [-0.15, -0.1) is 0 Å². The maximum absolute atomic E-state index is 12.0. The highest BCUT2D eigenvalue weighted by Gasteiger charge is 2.19. The van der Waals surface area contributed by atoms with Gasteiger partial charge >= 0.3 is 0 Å². The van der Waals surface area contributed by atoms with Gasteiger partial charge in [-0.3, -0.25) is 14.4 Å². The van der Waals surface area contributed by atoms with Crippen LogP contribution in [0.25, 0.3) is 0 Å². The summed E-state index contributed by atoms with van der Waals surface area (Å²) in [6.45, 7) is 1.79. The van der Waals surface area contributed by atoms with E-state index in [1.165, 1.54) is 6.92 Å². The van der Waals surface area contributed by atoms with E-state index in [9.17, 15) is 14.4 Å². The summed E-state index contributed by atoms with van der Waals surface area (Å²) in [7, 11) is 0. The lowest BCUT2D eigenvalue weighted by molar-refractivity contribution is -0.128. The molecule has 1 aromatic rings. The Hall–Kier alpha value is -2.41. The molecule has 0 saturated carbocycles. The lowest BCUT2D eigenvalue weighted by Gasteiger charge is -2.17. The van der Waals surface area contributed by atoms with Crippen molar-refractivity contribution >= 4 is 17.6 Å². The van der Waals surface area contributed by atoms with Gasteiger partial charge in [0.05, 0.1) is 25.2 Å². The number of carbonyl (C=O) groups excluding carboxylic acids is 3. The molecule has 2 aliphatic heterocycles. The predicted molar refractivity (Wildman–Crippen MR) is 93.1 cm³/mol. The Labute approximate surface area is 147 Å². The zero-order chi connectivity index (χ0) is 18.2. The third kappa shape index (κ3) is 6.19. The van der Waals surface area contributed by atoms with Crippen LogP contribution in [0.4, 0.5) is 0 Å². The SMILES string of the molecule is CC(=O)[C@@H]1CCCCOc2ccc(cc2)C[C@H](N)C(=O)NCC(=O)N1. The molecule has 1 aromatic carbocycles. The fourth-order valence-corrected chi connectivity index (χ4v) is 2.63. The second-order valence-electron chi connectivity index (χ2n) is 6.25. The van der Waals surface area contributed by atoms with Crippen molar-refractivity contribution in [2.75, 3.05) is 13.2 Å². The molecule has 2 bridgehead atoms. The Morgan fingerprint density at radius 1 is 1.20 bits per heavy atom. The number of ketones is 1. The van der Waals surface area contributed by atoms with Gasteiger partial charge in [0.2, 0.25) is 11.8 Å². The van der Waals surface area contributed by atoms with Gasteiger partial charge in [0.1, 0.15) is 5.75 Å². The van der Waals surface area contributed by atoms with E-state index in [-0.39, 0.29) is 12.3 Å². The standard InChI is InChI=1S/C18H25N3O4/c1-12(22)16-4-2-3-9-25-14-7-5-13(6-8-14)10-15(19)18(24)20-11-17(23)21-16/h5-8,15-16H,2-4,9-11,19H2,1H3,(H,20,24)(H,21,23)/t15-,16-/m0/s1. The molecule has 2 amide bonds. The number of rotatable bonds is 1. The normalized spacial score (nSPS) is 23.1. The van der Waals surface area contributed by atoms with Crippen molar-refractivity contribution in [1.82, 2.24) is 10.6 Å². The Kier molecular flexibility index (Phi) is 6.94. The van der Waals surface area contributed by atoms with Gasteiger partial charge in [0.25, 0.3) is 0 Å². The average Bonchev–Trinajstić information content (AvgIpc) is 2.59. The lowest BCUT2D eigenvalue weighted by atomic mass is 10.1. The number of hydrogen-bond acceptors (Lipinski definition) is 5. The van der Waals surface area contributed by atoms with Crippen molar-refractivity contribution in [3.05, 3.63) is 29.8 Å². The quantitative estimate of drug-likeness (QED) is 0.677. The number of carbonyl (C=O) groups is 3. The van der Waals surface area contributed by atoms with Crippen molar-refractivity contribution in [3.63, 3.8) is 0 Å². The number of benzene rings is 1. The van der Waals surface area contributed by atoms with Crippen LogP contribution in [0.2, 0.25) is 0 Å². The molecule has 4 N–H and O–H groups in total. The first kappa shape index (κ1) is 18.9. The van der Waals surface area contributed by atoms with Gasteiger partial charge in [0, 0.05) is 0 Å². The van der Waals surface area contributed by atoms with E-state index >= 15 is 0 Å². The van der Waals surface area contributed by atoms with Crippen LogP contribution in [0.3, 0.4) is 0 Å². The molecule has 7 nitrogen and oxygen atoms in total. The van der Waals surface area contributed by atoms with Crippen LogP contribution in [0, 0.1) is 0 Å². The molecular formula is C18H25N3O4. The van der Waals surface area contributed by atoms with E-state index in [0.29, 0.717) is 19.4 Å². The van der Waals surface area contributed by atoms with E-state index in [4.69, 9.17) is 10.5 Å². The molecule has 2 heterocycles. The summed E-state index contributed by atoms with van der Waals surface area (Å²) in [4.78, 5) is 35.6. The zero-order valence-electron chi connectivity index (χ0n) is 14.4. The topological polar surface area (TPSA) is 111 Å². The second kappa shape index (κ2) is 9.17. The molecule has 0 aliphatic carbocycles. The third-order valence-electron chi connectivity index (χ3n) is 4.12. The minimum Gasteiger partial charge on any atom is -0.494 e. The summed E-state index contributed by atoms with van der Waals surface area (Å²) >= 11 is 0.